The van der Waals surface area contributed by atoms with Gasteiger partial charge in [-0.1, -0.05) is 56.9 Å². The highest BCUT2D eigenvalue weighted by atomic mass is 16.1. The number of carbonyl (C=O) groups excluding carboxylic acids is 1. The van der Waals surface area contributed by atoms with E-state index in [1.54, 1.807) is 0 Å². The maximum Gasteiger partial charge on any atom is 0.157 e. The van der Waals surface area contributed by atoms with Gasteiger partial charge in [0.25, 0.3) is 0 Å². The largest absolute Gasteiger partial charge is 0.297 e. The molecule has 0 radical (unpaired) electrons. The molecular formula is C19H29NO. The Kier molecular flexibility index (Phi) is 5.58. The zero-order chi connectivity index (χ0) is 15.3. The third kappa shape index (κ3) is 3.74. The van der Waals surface area contributed by atoms with E-state index in [1.807, 2.05) is 0 Å². The van der Waals surface area contributed by atoms with Gasteiger partial charge >= 0.3 is 0 Å². The van der Waals surface area contributed by atoms with Crippen molar-refractivity contribution in [3.63, 3.8) is 0 Å². The van der Waals surface area contributed by atoms with Crippen LogP contribution in [0, 0.1) is 0 Å². The van der Waals surface area contributed by atoms with Crippen molar-refractivity contribution in [1.29, 1.82) is 0 Å². The maximum absolute atomic E-state index is 13.0. The molecule has 0 heterocycles. The molecule has 0 amide bonds. The van der Waals surface area contributed by atoms with E-state index < -0.39 is 0 Å². The van der Waals surface area contributed by atoms with Crippen molar-refractivity contribution >= 4 is 5.78 Å². The molecule has 2 nitrogen and oxygen atoms in total. The van der Waals surface area contributed by atoms with Crippen molar-refractivity contribution in [2.45, 2.75) is 63.8 Å². The second kappa shape index (κ2) is 7.22. The lowest BCUT2D eigenvalue weighted by molar-refractivity contribution is -0.130. The highest BCUT2D eigenvalue weighted by molar-refractivity contribution is 5.90. The van der Waals surface area contributed by atoms with Crippen molar-refractivity contribution < 1.29 is 4.79 Å². The van der Waals surface area contributed by atoms with Crippen LogP contribution in [0.1, 0.15) is 56.6 Å². The van der Waals surface area contributed by atoms with E-state index in [-0.39, 0.29) is 5.54 Å². The van der Waals surface area contributed by atoms with Crippen LogP contribution >= 0.6 is 0 Å². The summed E-state index contributed by atoms with van der Waals surface area (Å²) in [6, 6.07) is 8.55. The standard InChI is InChI=1S/C19H29NO/c1-4-16-9-11-17(12-10-16)15-18(21)19(20(2)3)13-7-5-6-8-14-19/h9-12H,4-8,13-15H2,1-3H3. The van der Waals surface area contributed by atoms with Gasteiger partial charge in [-0.15, -0.1) is 0 Å². The van der Waals surface area contributed by atoms with E-state index in [1.165, 1.54) is 31.2 Å². The summed E-state index contributed by atoms with van der Waals surface area (Å²) in [6.07, 6.45) is 8.56. The Morgan fingerprint density at radius 1 is 1.00 bits per heavy atom. The van der Waals surface area contributed by atoms with Crippen LogP contribution in [-0.2, 0) is 17.6 Å². The first-order chi connectivity index (χ1) is 10.1. The summed E-state index contributed by atoms with van der Waals surface area (Å²) in [7, 11) is 4.15. The zero-order valence-electron chi connectivity index (χ0n) is 13.8. The number of benzene rings is 1. The molecule has 0 N–H and O–H groups in total. The number of rotatable bonds is 5. The number of aryl methyl sites for hydroxylation is 1. The summed E-state index contributed by atoms with van der Waals surface area (Å²) in [6.45, 7) is 2.16. The maximum atomic E-state index is 13.0. The van der Waals surface area contributed by atoms with Gasteiger partial charge in [-0.05, 0) is 44.5 Å². The molecule has 0 saturated heterocycles. The van der Waals surface area contributed by atoms with E-state index in [2.05, 4.69) is 50.2 Å². The minimum atomic E-state index is -0.236. The monoisotopic (exact) mass is 287 g/mol. The van der Waals surface area contributed by atoms with Gasteiger partial charge in [0, 0.05) is 6.42 Å². The summed E-state index contributed by atoms with van der Waals surface area (Å²) in [4.78, 5) is 15.2. The molecule has 0 unspecified atom stereocenters. The molecule has 116 valence electrons. The number of hydrogen-bond donors (Lipinski definition) is 0. The Balaban J connectivity index is 2.14. The molecule has 2 rings (SSSR count). The molecule has 1 fully saturated rings. The number of Topliss-reactive ketones (excluding diaryl/α,β-unsaturated/α-hetero) is 1. The summed E-state index contributed by atoms with van der Waals surface area (Å²) in [5.74, 6) is 0.402. The lowest BCUT2D eigenvalue weighted by Gasteiger charge is -2.38. The van der Waals surface area contributed by atoms with E-state index in [9.17, 15) is 4.79 Å². The van der Waals surface area contributed by atoms with E-state index >= 15 is 0 Å². The van der Waals surface area contributed by atoms with E-state index in [4.69, 9.17) is 0 Å². The number of hydrogen-bond acceptors (Lipinski definition) is 2. The summed E-state index contributed by atoms with van der Waals surface area (Å²) >= 11 is 0. The first-order valence-electron chi connectivity index (χ1n) is 8.37. The molecule has 2 heteroatoms. The number of likely N-dealkylation sites (N-methyl/N-ethyl adjacent to an activating group) is 1. The average Bonchev–Trinajstić information content (AvgIpc) is 2.75. The molecule has 1 aromatic carbocycles. The molecule has 21 heavy (non-hydrogen) atoms. The Bertz CT molecular complexity index is 453. The molecule has 1 saturated carbocycles. The van der Waals surface area contributed by atoms with Gasteiger partial charge in [0.15, 0.2) is 5.78 Å². The highest BCUT2D eigenvalue weighted by Gasteiger charge is 2.39. The fourth-order valence-electron chi connectivity index (χ4n) is 3.53. The van der Waals surface area contributed by atoms with Crippen molar-refractivity contribution in [2.75, 3.05) is 14.1 Å². The van der Waals surface area contributed by atoms with Crippen LogP contribution in [0.2, 0.25) is 0 Å². The van der Waals surface area contributed by atoms with Crippen LogP contribution in [0.3, 0.4) is 0 Å². The Morgan fingerprint density at radius 2 is 1.52 bits per heavy atom. The molecule has 0 spiro atoms. The normalized spacial score (nSPS) is 18.5. The summed E-state index contributed by atoms with van der Waals surface area (Å²) in [5.41, 5.74) is 2.26. The number of ketones is 1. The molecule has 1 aliphatic carbocycles. The second-order valence-corrected chi connectivity index (χ2v) is 6.61. The fraction of sp³-hybridized carbons (Fsp3) is 0.632. The Morgan fingerprint density at radius 3 is 2.00 bits per heavy atom. The molecular weight excluding hydrogens is 258 g/mol. The van der Waals surface area contributed by atoms with Crippen LogP contribution in [0.4, 0.5) is 0 Å². The molecule has 1 aliphatic rings. The van der Waals surface area contributed by atoms with Crippen molar-refractivity contribution in [3.05, 3.63) is 35.4 Å². The predicted octanol–water partition coefficient (Wildman–Crippen LogP) is 4.02. The van der Waals surface area contributed by atoms with Crippen LogP contribution in [-0.4, -0.2) is 30.3 Å². The average molecular weight is 287 g/mol. The van der Waals surface area contributed by atoms with Crippen molar-refractivity contribution in [1.82, 2.24) is 4.90 Å². The lowest BCUT2D eigenvalue weighted by Crippen LogP contribution is -2.51. The van der Waals surface area contributed by atoms with E-state index in [0.717, 1.165) is 24.8 Å². The van der Waals surface area contributed by atoms with Gasteiger partial charge in [-0.2, -0.15) is 0 Å². The van der Waals surface area contributed by atoms with Crippen LogP contribution in [0.5, 0.6) is 0 Å². The molecule has 1 aromatic rings. The van der Waals surface area contributed by atoms with Gasteiger partial charge in [0.05, 0.1) is 5.54 Å². The molecule has 0 bridgehead atoms. The minimum Gasteiger partial charge on any atom is -0.297 e. The van der Waals surface area contributed by atoms with Crippen LogP contribution in [0.25, 0.3) is 0 Å². The summed E-state index contributed by atoms with van der Waals surface area (Å²) in [5, 5.41) is 0. The fourth-order valence-corrected chi connectivity index (χ4v) is 3.53. The van der Waals surface area contributed by atoms with Gasteiger partial charge < -0.3 is 0 Å². The van der Waals surface area contributed by atoms with Gasteiger partial charge in [-0.25, -0.2) is 0 Å². The SMILES string of the molecule is CCc1ccc(CC(=O)C2(N(C)C)CCCCCC2)cc1. The predicted molar refractivity (Wildman–Crippen MR) is 88.7 cm³/mol. The quantitative estimate of drug-likeness (QED) is 0.763. The number of carbonyl (C=O) groups is 1. The van der Waals surface area contributed by atoms with Gasteiger partial charge in [0.1, 0.15) is 0 Å². The van der Waals surface area contributed by atoms with Gasteiger partial charge in [0.2, 0.25) is 0 Å². The number of nitrogens with zero attached hydrogens (tertiary/aromatic N) is 1. The minimum absolute atomic E-state index is 0.236. The Labute approximate surface area is 129 Å². The molecule has 0 aromatic heterocycles. The third-order valence-corrected chi connectivity index (χ3v) is 5.10. The smallest absolute Gasteiger partial charge is 0.157 e. The summed E-state index contributed by atoms with van der Waals surface area (Å²) < 4.78 is 0. The molecule has 0 atom stereocenters. The lowest BCUT2D eigenvalue weighted by atomic mass is 9.82. The zero-order valence-corrected chi connectivity index (χ0v) is 13.8. The van der Waals surface area contributed by atoms with Crippen molar-refractivity contribution in [2.24, 2.45) is 0 Å². The first-order valence-corrected chi connectivity index (χ1v) is 8.37. The van der Waals surface area contributed by atoms with Crippen LogP contribution < -0.4 is 0 Å². The van der Waals surface area contributed by atoms with Gasteiger partial charge in [-0.3, -0.25) is 9.69 Å². The third-order valence-electron chi connectivity index (χ3n) is 5.10. The van der Waals surface area contributed by atoms with Crippen molar-refractivity contribution in [3.8, 4) is 0 Å². The first kappa shape index (κ1) is 16.2. The Hall–Kier alpha value is -1.15. The highest BCUT2D eigenvalue weighted by Crippen LogP contribution is 2.33. The topological polar surface area (TPSA) is 20.3 Å². The second-order valence-electron chi connectivity index (χ2n) is 6.61. The van der Waals surface area contributed by atoms with Crippen LogP contribution in [0.15, 0.2) is 24.3 Å². The van der Waals surface area contributed by atoms with E-state index in [0.29, 0.717) is 12.2 Å². The molecule has 0 aliphatic heterocycles.